The molecule has 0 N–H and O–H groups in total. The van der Waals surface area contributed by atoms with Gasteiger partial charge in [-0.15, -0.1) is 0 Å². The Morgan fingerprint density at radius 2 is 1.59 bits per heavy atom. The van der Waals surface area contributed by atoms with Crippen molar-refractivity contribution in [1.82, 2.24) is 4.98 Å². The third kappa shape index (κ3) is 2.00. The zero-order valence-electron chi connectivity index (χ0n) is 13.0. The van der Waals surface area contributed by atoms with E-state index in [-0.39, 0.29) is 0 Å². The first-order valence-corrected chi connectivity index (χ1v) is 7.48. The molecule has 0 saturated carbocycles. The summed E-state index contributed by atoms with van der Waals surface area (Å²) in [7, 11) is 0. The summed E-state index contributed by atoms with van der Waals surface area (Å²) in [6, 6.07) is 14.8. The first-order valence-electron chi connectivity index (χ1n) is 7.48. The van der Waals surface area contributed by atoms with Gasteiger partial charge >= 0.3 is 0 Å². The zero-order chi connectivity index (χ0) is 15.3. The van der Waals surface area contributed by atoms with Crippen molar-refractivity contribution in [2.24, 2.45) is 0 Å². The highest BCUT2D eigenvalue weighted by molar-refractivity contribution is 6.09. The fraction of sp³-hybridized carbons (Fsp3) is 0.150. The Morgan fingerprint density at radius 3 is 2.41 bits per heavy atom. The molecule has 0 aliphatic heterocycles. The van der Waals surface area contributed by atoms with Crippen LogP contribution in [-0.2, 0) is 0 Å². The summed E-state index contributed by atoms with van der Waals surface area (Å²) in [5.41, 5.74) is 7.51. The van der Waals surface area contributed by atoms with E-state index in [4.69, 9.17) is 4.42 Å². The number of hydrogen-bond donors (Lipinski definition) is 0. The molecule has 0 radical (unpaired) electrons. The van der Waals surface area contributed by atoms with Gasteiger partial charge in [-0.25, -0.2) is 0 Å². The Hall–Kier alpha value is -2.61. The molecule has 0 aliphatic rings. The second kappa shape index (κ2) is 4.70. The first-order chi connectivity index (χ1) is 10.6. The molecule has 2 nitrogen and oxygen atoms in total. The van der Waals surface area contributed by atoms with Crippen LogP contribution in [0.4, 0.5) is 0 Å². The van der Waals surface area contributed by atoms with Crippen molar-refractivity contribution in [3.05, 3.63) is 65.4 Å². The Labute approximate surface area is 129 Å². The Morgan fingerprint density at radius 1 is 0.773 bits per heavy atom. The van der Waals surface area contributed by atoms with Crippen LogP contribution in [0.2, 0.25) is 0 Å². The molecular formula is C20H17NO. The lowest BCUT2D eigenvalue weighted by Crippen LogP contribution is -1.86. The van der Waals surface area contributed by atoms with E-state index in [2.05, 4.69) is 62.2 Å². The van der Waals surface area contributed by atoms with Crippen LogP contribution in [0.15, 0.2) is 53.1 Å². The predicted molar refractivity (Wildman–Crippen MR) is 91.2 cm³/mol. The van der Waals surface area contributed by atoms with Crippen LogP contribution >= 0.6 is 0 Å². The van der Waals surface area contributed by atoms with Crippen LogP contribution < -0.4 is 0 Å². The number of rotatable bonds is 1. The molecule has 2 heterocycles. The van der Waals surface area contributed by atoms with Gasteiger partial charge in [0.05, 0.1) is 5.69 Å². The van der Waals surface area contributed by atoms with Gasteiger partial charge in [0.2, 0.25) is 0 Å². The topological polar surface area (TPSA) is 26.0 Å². The van der Waals surface area contributed by atoms with Crippen LogP contribution in [0.1, 0.15) is 16.7 Å². The van der Waals surface area contributed by atoms with E-state index >= 15 is 0 Å². The minimum atomic E-state index is 0.921. The van der Waals surface area contributed by atoms with Crippen molar-refractivity contribution in [3.63, 3.8) is 0 Å². The molecular weight excluding hydrogens is 270 g/mol. The second-order valence-corrected chi connectivity index (χ2v) is 6.01. The van der Waals surface area contributed by atoms with Crippen LogP contribution in [0.25, 0.3) is 33.2 Å². The third-order valence-corrected chi connectivity index (χ3v) is 4.06. The lowest BCUT2D eigenvalue weighted by molar-refractivity contribution is 0.669. The third-order valence-electron chi connectivity index (χ3n) is 4.06. The summed E-state index contributed by atoms with van der Waals surface area (Å²) < 4.78 is 6.17. The van der Waals surface area contributed by atoms with E-state index in [0.717, 1.165) is 27.8 Å². The number of aromatic nitrogens is 1. The molecule has 0 saturated heterocycles. The summed E-state index contributed by atoms with van der Waals surface area (Å²) in [5.74, 6) is 0. The van der Waals surface area contributed by atoms with Crippen molar-refractivity contribution in [2.45, 2.75) is 20.8 Å². The highest BCUT2D eigenvalue weighted by atomic mass is 16.3. The van der Waals surface area contributed by atoms with E-state index in [1.807, 2.05) is 12.3 Å². The zero-order valence-corrected chi connectivity index (χ0v) is 13.0. The van der Waals surface area contributed by atoms with Gasteiger partial charge in [-0.3, -0.25) is 4.98 Å². The Balaban J connectivity index is 2.12. The minimum Gasteiger partial charge on any atom is -0.455 e. The fourth-order valence-electron chi connectivity index (χ4n) is 3.00. The number of benzene rings is 2. The summed E-state index contributed by atoms with van der Waals surface area (Å²) in [5, 5.41) is 2.33. The second-order valence-electron chi connectivity index (χ2n) is 6.01. The van der Waals surface area contributed by atoms with Gasteiger partial charge in [0.1, 0.15) is 11.2 Å². The van der Waals surface area contributed by atoms with Gasteiger partial charge in [-0.1, -0.05) is 12.1 Å². The van der Waals surface area contributed by atoms with E-state index in [0.29, 0.717) is 0 Å². The monoisotopic (exact) mass is 287 g/mol. The van der Waals surface area contributed by atoms with Crippen LogP contribution in [0.3, 0.4) is 0 Å². The lowest BCUT2D eigenvalue weighted by Gasteiger charge is -2.04. The van der Waals surface area contributed by atoms with Gasteiger partial charge in [0.15, 0.2) is 0 Å². The Kier molecular flexibility index (Phi) is 2.80. The maximum atomic E-state index is 6.17. The highest BCUT2D eigenvalue weighted by Crippen LogP contribution is 2.36. The predicted octanol–water partition coefficient (Wildman–Crippen LogP) is 5.57. The molecule has 0 unspecified atom stereocenters. The van der Waals surface area contributed by atoms with E-state index in [1.54, 1.807) is 0 Å². The van der Waals surface area contributed by atoms with Crippen LogP contribution in [0, 0.1) is 20.8 Å². The van der Waals surface area contributed by atoms with Crippen molar-refractivity contribution < 1.29 is 4.42 Å². The number of nitrogens with zero attached hydrogens (tertiary/aromatic N) is 1. The number of fused-ring (bicyclic) bond motifs is 3. The molecule has 2 aromatic heterocycles. The van der Waals surface area contributed by atoms with Gasteiger partial charge in [0, 0.05) is 22.5 Å². The van der Waals surface area contributed by atoms with Gasteiger partial charge in [-0.2, -0.15) is 0 Å². The molecule has 0 spiro atoms. The number of furan rings is 1. The van der Waals surface area contributed by atoms with E-state index in [9.17, 15) is 0 Å². The fourth-order valence-corrected chi connectivity index (χ4v) is 3.00. The van der Waals surface area contributed by atoms with Crippen molar-refractivity contribution in [3.8, 4) is 11.3 Å². The molecule has 108 valence electrons. The maximum absolute atomic E-state index is 6.17. The summed E-state index contributed by atoms with van der Waals surface area (Å²) in [6.45, 7) is 6.28. The molecule has 0 amide bonds. The summed E-state index contributed by atoms with van der Waals surface area (Å²) >= 11 is 0. The molecule has 2 heteroatoms. The first kappa shape index (κ1) is 13.1. The molecule has 4 aromatic rings. The normalized spacial score (nSPS) is 11.4. The molecule has 0 bridgehead atoms. The number of pyridine rings is 1. The van der Waals surface area contributed by atoms with Gasteiger partial charge in [0.25, 0.3) is 0 Å². The van der Waals surface area contributed by atoms with E-state index < -0.39 is 0 Å². The molecule has 0 atom stereocenters. The van der Waals surface area contributed by atoms with Crippen LogP contribution in [0.5, 0.6) is 0 Å². The quantitative estimate of drug-likeness (QED) is 0.457. The molecule has 2 aromatic carbocycles. The SMILES string of the molecule is Cc1ccnc(-c2cc(C)cc3c2oc2cc(C)ccc23)c1. The highest BCUT2D eigenvalue weighted by Gasteiger charge is 2.14. The maximum Gasteiger partial charge on any atom is 0.144 e. The smallest absolute Gasteiger partial charge is 0.144 e. The molecule has 0 fully saturated rings. The molecule has 0 aliphatic carbocycles. The minimum absolute atomic E-state index is 0.921. The van der Waals surface area contributed by atoms with Gasteiger partial charge in [-0.05, 0) is 67.8 Å². The molecule has 4 rings (SSSR count). The average Bonchev–Trinajstić information content (AvgIpc) is 2.83. The van der Waals surface area contributed by atoms with Crippen molar-refractivity contribution in [1.29, 1.82) is 0 Å². The van der Waals surface area contributed by atoms with Crippen molar-refractivity contribution in [2.75, 3.05) is 0 Å². The largest absolute Gasteiger partial charge is 0.455 e. The molecule has 22 heavy (non-hydrogen) atoms. The van der Waals surface area contributed by atoms with Gasteiger partial charge < -0.3 is 4.42 Å². The number of aryl methyl sites for hydroxylation is 3. The Bertz CT molecular complexity index is 1010. The summed E-state index contributed by atoms with van der Waals surface area (Å²) in [6.07, 6.45) is 1.85. The summed E-state index contributed by atoms with van der Waals surface area (Å²) in [4.78, 5) is 4.53. The average molecular weight is 287 g/mol. The van der Waals surface area contributed by atoms with Crippen LogP contribution in [-0.4, -0.2) is 4.98 Å². The lowest BCUT2D eigenvalue weighted by atomic mass is 10.0. The van der Waals surface area contributed by atoms with Crippen molar-refractivity contribution >= 4 is 21.9 Å². The number of hydrogen-bond acceptors (Lipinski definition) is 2. The standard InChI is InChI=1S/C20H17NO/c1-12-4-5-15-16-8-14(3)9-17(20(16)22-19(15)11-12)18-10-13(2)6-7-21-18/h4-11H,1-3H3. The van der Waals surface area contributed by atoms with E-state index in [1.165, 1.54) is 22.1 Å².